The van der Waals surface area contributed by atoms with E-state index in [4.69, 9.17) is 10.3 Å². The Labute approximate surface area is 195 Å². The van der Waals surface area contributed by atoms with Gasteiger partial charge in [-0.15, -0.1) is 0 Å². The smallest absolute Gasteiger partial charge is 0.330 e. The van der Waals surface area contributed by atoms with E-state index in [1.54, 1.807) is 12.2 Å². The zero-order valence-electron chi connectivity index (χ0n) is 19.0. The number of nitrogens with one attached hydrogen (secondary N) is 1. The molecule has 174 valence electrons. The lowest BCUT2D eigenvalue weighted by molar-refractivity contribution is 0.370. The summed E-state index contributed by atoms with van der Waals surface area (Å²) in [4.78, 5) is 45.4. The van der Waals surface area contributed by atoms with Gasteiger partial charge in [-0.25, -0.2) is 19.5 Å². The first-order valence-corrected chi connectivity index (χ1v) is 11.1. The van der Waals surface area contributed by atoms with E-state index >= 15 is 0 Å². The average Bonchev–Trinajstić information content (AvgIpc) is 3.22. The van der Waals surface area contributed by atoms with Gasteiger partial charge in [0.15, 0.2) is 5.82 Å². The molecular formula is C25H25N5O4. The maximum atomic E-state index is 12.0. The number of rotatable bonds is 7. The Morgan fingerprint density at radius 2 is 1.56 bits per heavy atom. The van der Waals surface area contributed by atoms with E-state index in [9.17, 15) is 14.4 Å². The molecule has 0 aliphatic heterocycles. The molecule has 1 aliphatic carbocycles. The summed E-state index contributed by atoms with van der Waals surface area (Å²) in [6, 6.07) is 11.2. The predicted octanol–water partition coefficient (Wildman–Crippen LogP) is 2.94. The van der Waals surface area contributed by atoms with Crippen molar-refractivity contribution >= 4 is 12.2 Å². The number of H-pyrrole nitrogens is 1. The Hall–Kier alpha value is -3.90. The molecule has 1 aromatic heterocycles. The van der Waals surface area contributed by atoms with Crippen LogP contribution in [0.25, 0.3) is 0 Å². The highest BCUT2D eigenvalue weighted by molar-refractivity contribution is 5.56. The summed E-state index contributed by atoms with van der Waals surface area (Å²) < 4.78 is 5.00. The number of hydrogen-bond acceptors (Lipinski definition) is 8. The highest BCUT2D eigenvalue weighted by atomic mass is 16.5. The molecular weight excluding hydrogens is 434 g/mol. The first-order chi connectivity index (χ1) is 16.4. The number of nitrogens with zero attached hydrogens (tertiary/aromatic N) is 3. The summed E-state index contributed by atoms with van der Waals surface area (Å²) in [6.45, 7) is 4.00. The normalized spacial score (nSPS) is 18.4. The molecule has 0 spiro atoms. The molecule has 2 unspecified atom stereocenters. The van der Waals surface area contributed by atoms with Crippen LogP contribution in [0, 0.1) is 0 Å². The van der Waals surface area contributed by atoms with Gasteiger partial charge in [-0.05, 0) is 73.0 Å². The molecule has 1 aliphatic rings. The molecule has 0 amide bonds. The van der Waals surface area contributed by atoms with Crippen molar-refractivity contribution in [1.82, 2.24) is 10.1 Å². The number of carbonyl (C=O) groups excluding carboxylic acids is 2. The van der Waals surface area contributed by atoms with Gasteiger partial charge in [0, 0.05) is 0 Å². The third kappa shape index (κ3) is 3.97. The van der Waals surface area contributed by atoms with E-state index in [0.717, 1.165) is 33.4 Å². The number of nitrogens with two attached hydrogens (primary N) is 1. The van der Waals surface area contributed by atoms with Crippen LogP contribution in [-0.2, 0) is 27.8 Å². The second-order valence-corrected chi connectivity index (χ2v) is 8.50. The van der Waals surface area contributed by atoms with E-state index in [0.29, 0.717) is 31.6 Å². The number of aryl methyl sites for hydroxylation is 2. The Morgan fingerprint density at radius 3 is 1.97 bits per heavy atom. The van der Waals surface area contributed by atoms with Crippen molar-refractivity contribution in [3.8, 4) is 0 Å². The molecule has 0 radical (unpaired) electrons. The molecule has 0 saturated carbocycles. The van der Waals surface area contributed by atoms with Crippen LogP contribution >= 0.6 is 0 Å². The molecule has 3 N–H and O–H groups in total. The van der Waals surface area contributed by atoms with Gasteiger partial charge in [-0.2, -0.15) is 15.0 Å². The van der Waals surface area contributed by atoms with Gasteiger partial charge in [-0.1, -0.05) is 36.4 Å². The quantitative estimate of drug-likeness (QED) is 0.411. The van der Waals surface area contributed by atoms with Crippen LogP contribution < -0.4 is 11.5 Å². The summed E-state index contributed by atoms with van der Waals surface area (Å²) in [5.41, 5.74) is 11.0. The third-order valence-corrected chi connectivity index (χ3v) is 6.66. The lowest BCUT2D eigenvalue weighted by Crippen LogP contribution is -2.35. The number of aromatic nitrogens is 2. The minimum Gasteiger partial charge on any atom is -0.330 e. The zero-order chi connectivity index (χ0) is 24.3. The van der Waals surface area contributed by atoms with Crippen LogP contribution in [0.4, 0.5) is 0 Å². The molecule has 0 fully saturated rings. The average molecular weight is 460 g/mol. The molecule has 4 rings (SSSR count). The van der Waals surface area contributed by atoms with Crippen molar-refractivity contribution in [1.29, 1.82) is 0 Å². The second-order valence-electron chi connectivity index (χ2n) is 8.50. The molecule has 9 nitrogen and oxygen atoms in total. The lowest BCUT2D eigenvalue weighted by atomic mass is 9.69. The fourth-order valence-corrected chi connectivity index (χ4v) is 4.99. The molecule has 0 saturated heterocycles. The van der Waals surface area contributed by atoms with Gasteiger partial charge in [0.1, 0.15) is 0 Å². The van der Waals surface area contributed by atoms with Gasteiger partial charge in [0.2, 0.25) is 12.2 Å². The number of benzene rings is 2. The number of aliphatic imine (C=N–C) groups is 2. The highest BCUT2D eigenvalue weighted by Gasteiger charge is 2.43. The van der Waals surface area contributed by atoms with Gasteiger partial charge in [0.05, 0.1) is 17.5 Å². The molecule has 9 heteroatoms. The standard InChI is InChI=1S/C25H25N5O4/c1-15(27-13-31)17-5-7-21-19(11-17)3-4-20-12-18(16(2)28-14-32)6-8-22(20)25(21,9-10-26)23-29-24(33)34-30-23/h5-8,11-12,15-16H,3-4,9-10,26H2,1-2H3,(H,29,30,33). The molecule has 0 bridgehead atoms. The Morgan fingerprint density at radius 1 is 1.03 bits per heavy atom. The predicted molar refractivity (Wildman–Crippen MR) is 124 cm³/mol. The van der Waals surface area contributed by atoms with Crippen molar-refractivity contribution in [2.45, 2.75) is 50.6 Å². The van der Waals surface area contributed by atoms with Crippen LogP contribution in [-0.4, -0.2) is 28.8 Å². The lowest BCUT2D eigenvalue weighted by Gasteiger charge is -2.34. The zero-order valence-corrected chi connectivity index (χ0v) is 19.0. The Balaban J connectivity index is 2.01. The highest BCUT2D eigenvalue weighted by Crippen LogP contribution is 2.46. The number of hydrogen-bond donors (Lipinski definition) is 2. The maximum absolute atomic E-state index is 12.0. The van der Waals surface area contributed by atoms with Crippen molar-refractivity contribution in [2.75, 3.05) is 6.54 Å². The monoisotopic (exact) mass is 459 g/mol. The Kier molecular flexibility index (Phi) is 6.52. The van der Waals surface area contributed by atoms with E-state index < -0.39 is 11.2 Å². The van der Waals surface area contributed by atoms with E-state index in [1.807, 2.05) is 50.2 Å². The number of isocyanates is 2. The van der Waals surface area contributed by atoms with E-state index in [2.05, 4.69) is 20.1 Å². The minimum atomic E-state index is -0.854. The van der Waals surface area contributed by atoms with Crippen LogP contribution in [0.1, 0.15) is 71.6 Å². The van der Waals surface area contributed by atoms with Crippen molar-refractivity contribution in [3.63, 3.8) is 0 Å². The minimum absolute atomic E-state index is 0.328. The summed E-state index contributed by atoms with van der Waals surface area (Å²) in [7, 11) is 0. The fourth-order valence-electron chi connectivity index (χ4n) is 4.99. The summed E-state index contributed by atoms with van der Waals surface area (Å²) in [6.07, 6.45) is 5.13. The number of aromatic amines is 1. The van der Waals surface area contributed by atoms with Gasteiger partial charge in [0.25, 0.3) is 0 Å². The van der Waals surface area contributed by atoms with Crippen LogP contribution in [0.15, 0.2) is 55.7 Å². The molecule has 2 aromatic carbocycles. The topological polar surface area (TPSA) is 144 Å². The fraction of sp³-hybridized carbons (Fsp3) is 0.360. The Bertz CT molecular complexity index is 1290. The molecule has 2 atom stereocenters. The third-order valence-electron chi connectivity index (χ3n) is 6.66. The van der Waals surface area contributed by atoms with Gasteiger partial charge >= 0.3 is 5.76 Å². The van der Waals surface area contributed by atoms with Crippen molar-refractivity contribution in [2.24, 2.45) is 15.7 Å². The van der Waals surface area contributed by atoms with Crippen molar-refractivity contribution < 1.29 is 14.1 Å². The maximum Gasteiger partial charge on any atom is 0.459 e. The number of fused-ring (bicyclic) bond motifs is 2. The van der Waals surface area contributed by atoms with Crippen LogP contribution in [0.2, 0.25) is 0 Å². The largest absolute Gasteiger partial charge is 0.459 e. The molecule has 1 heterocycles. The van der Waals surface area contributed by atoms with Gasteiger partial charge < -0.3 is 10.3 Å². The summed E-state index contributed by atoms with van der Waals surface area (Å²) in [5, 5.41) is 2.73. The molecule has 3 aromatic rings. The summed E-state index contributed by atoms with van der Waals surface area (Å²) in [5.74, 6) is -0.333. The van der Waals surface area contributed by atoms with Gasteiger partial charge in [-0.3, -0.25) is 0 Å². The van der Waals surface area contributed by atoms with Crippen molar-refractivity contribution in [3.05, 3.63) is 86.2 Å². The first-order valence-electron chi connectivity index (χ1n) is 11.1. The van der Waals surface area contributed by atoms with E-state index in [-0.39, 0.29) is 12.1 Å². The van der Waals surface area contributed by atoms with E-state index in [1.165, 1.54) is 0 Å². The second kappa shape index (κ2) is 9.53. The SMILES string of the molecule is CC(N=C=O)c1ccc2c(c1)CCc1cc(C(C)N=C=O)ccc1C2(CCN)c1nc(=O)o[nH]1. The first kappa shape index (κ1) is 23.3. The van der Waals surface area contributed by atoms with Crippen LogP contribution in [0.5, 0.6) is 0 Å². The molecule has 34 heavy (non-hydrogen) atoms. The van der Waals surface area contributed by atoms with Crippen LogP contribution in [0.3, 0.4) is 0 Å². The summed E-state index contributed by atoms with van der Waals surface area (Å²) >= 11 is 0.